The number of ether oxygens (including phenoxy) is 1. The molecule has 2 aromatic rings. The van der Waals surface area contributed by atoms with Crippen LogP contribution >= 0.6 is 0 Å². The summed E-state index contributed by atoms with van der Waals surface area (Å²) in [7, 11) is 1.92. The quantitative estimate of drug-likeness (QED) is 0.568. The molecule has 0 spiro atoms. The number of benzene rings is 2. The molecule has 23 heavy (non-hydrogen) atoms. The van der Waals surface area contributed by atoms with Gasteiger partial charge < -0.3 is 9.64 Å². The Balaban J connectivity index is 2.61. The highest BCUT2D eigenvalue weighted by Gasteiger charge is 2.44. The van der Waals surface area contributed by atoms with E-state index in [-0.39, 0.29) is 5.97 Å². The summed E-state index contributed by atoms with van der Waals surface area (Å²) in [6, 6.07) is 19.6. The minimum atomic E-state index is -0.930. The van der Waals surface area contributed by atoms with Gasteiger partial charge in [-0.3, -0.25) is 0 Å². The molecule has 2 rings (SSSR count). The minimum Gasteiger partial charge on any atom is -0.464 e. The van der Waals surface area contributed by atoms with Gasteiger partial charge in [0.25, 0.3) is 0 Å². The van der Waals surface area contributed by atoms with Crippen LogP contribution in [-0.4, -0.2) is 19.6 Å². The molecule has 0 aliphatic carbocycles. The van der Waals surface area contributed by atoms with Crippen molar-refractivity contribution in [2.75, 3.05) is 18.6 Å². The van der Waals surface area contributed by atoms with E-state index in [2.05, 4.69) is 6.58 Å². The zero-order valence-electron chi connectivity index (χ0n) is 13.7. The fourth-order valence-electron chi connectivity index (χ4n) is 2.83. The topological polar surface area (TPSA) is 29.5 Å². The van der Waals surface area contributed by atoms with Crippen molar-refractivity contribution in [1.82, 2.24) is 0 Å². The second-order valence-corrected chi connectivity index (χ2v) is 5.33. The summed E-state index contributed by atoms with van der Waals surface area (Å²) in [6.07, 6.45) is 2.23. The van der Waals surface area contributed by atoms with Crippen LogP contribution in [0.15, 0.2) is 73.3 Å². The standard InChI is InChI=1S/C20H23NO2/c1-4-16-20(19(22)23-5-2,17-12-8-6-9-13-17)21(3)18-14-10-7-11-15-18/h4,6-15H,1,5,16H2,2-3H3. The molecule has 3 heteroatoms. The molecule has 0 aliphatic heterocycles. The molecule has 0 fully saturated rings. The maximum absolute atomic E-state index is 13.0. The van der Waals surface area contributed by atoms with Gasteiger partial charge >= 0.3 is 5.97 Å². The molecule has 0 saturated carbocycles. The predicted octanol–water partition coefficient (Wildman–Crippen LogP) is 4.16. The molecular weight excluding hydrogens is 286 g/mol. The first-order valence-corrected chi connectivity index (χ1v) is 7.79. The molecule has 1 unspecified atom stereocenters. The normalized spacial score (nSPS) is 13.0. The fraction of sp³-hybridized carbons (Fsp3) is 0.250. The average Bonchev–Trinajstić information content (AvgIpc) is 2.61. The molecule has 2 aromatic carbocycles. The van der Waals surface area contributed by atoms with Gasteiger partial charge in [-0.05, 0) is 24.6 Å². The lowest BCUT2D eigenvalue weighted by Gasteiger charge is -2.41. The van der Waals surface area contributed by atoms with E-state index in [1.807, 2.05) is 79.5 Å². The molecule has 0 saturated heterocycles. The van der Waals surface area contributed by atoms with Crippen LogP contribution in [-0.2, 0) is 15.1 Å². The molecular formula is C20H23NO2. The Hall–Kier alpha value is -2.55. The largest absolute Gasteiger partial charge is 0.464 e. The highest BCUT2D eigenvalue weighted by molar-refractivity contribution is 5.87. The maximum Gasteiger partial charge on any atom is 0.337 e. The Morgan fingerprint density at radius 1 is 1.13 bits per heavy atom. The van der Waals surface area contributed by atoms with Crippen LogP contribution in [0, 0.1) is 0 Å². The lowest BCUT2D eigenvalue weighted by atomic mass is 9.84. The van der Waals surface area contributed by atoms with E-state index in [1.54, 1.807) is 6.08 Å². The number of nitrogens with zero attached hydrogens (tertiary/aromatic N) is 1. The third-order valence-electron chi connectivity index (χ3n) is 4.02. The zero-order valence-corrected chi connectivity index (χ0v) is 13.7. The second kappa shape index (κ2) is 7.63. The van der Waals surface area contributed by atoms with Crippen LogP contribution in [0.4, 0.5) is 5.69 Å². The highest BCUT2D eigenvalue weighted by atomic mass is 16.5. The number of esters is 1. The first-order chi connectivity index (χ1) is 11.2. The molecule has 0 N–H and O–H groups in total. The smallest absolute Gasteiger partial charge is 0.337 e. The lowest BCUT2D eigenvalue weighted by molar-refractivity contribution is -0.150. The van der Waals surface area contributed by atoms with Crippen LogP contribution in [0.3, 0.4) is 0 Å². The van der Waals surface area contributed by atoms with Crippen LogP contribution in [0.5, 0.6) is 0 Å². The molecule has 0 heterocycles. The van der Waals surface area contributed by atoms with Crippen LogP contribution in [0.2, 0.25) is 0 Å². The summed E-state index contributed by atoms with van der Waals surface area (Å²) < 4.78 is 5.43. The minimum absolute atomic E-state index is 0.266. The van der Waals surface area contributed by atoms with Crippen LogP contribution in [0.1, 0.15) is 18.9 Å². The van der Waals surface area contributed by atoms with Gasteiger partial charge in [0.15, 0.2) is 5.54 Å². The van der Waals surface area contributed by atoms with E-state index in [1.165, 1.54) is 0 Å². The Kier molecular flexibility index (Phi) is 5.58. The monoisotopic (exact) mass is 309 g/mol. The van der Waals surface area contributed by atoms with Crippen molar-refractivity contribution in [1.29, 1.82) is 0 Å². The number of para-hydroxylation sites is 1. The van der Waals surface area contributed by atoms with Gasteiger partial charge in [0.1, 0.15) is 0 Å². The zero-order chi connectivity index (χ0) is 16.7. The summed E-state index contributed by atoms with van der Waals surface area (Å²) in [6.45, 7) is 6.02. The van der Waals surface area contributed by atoms with Crippen molar-refractivity contribution in [3.8, 4) is 0 Å². The molecule has 1 atom stereocenters. The predicted molar refractivity (Wildman–Crippen MR) is 94.4 cm³/mol. The van der Waals surface area contributed by atoms with Crippen molar-refractivity contribution in [2.24, 2.45) is 0 Å². The lowest BCUT2D eigenvalue weighted by Crippen LogP contribution is -2.51. The van der Waals surface area contributed by atoms with E-state index < -0.39 is 5.54 Å². The van der Waals surface area contributed by atoms with Gasteiger partial charge in [-0.2, -0.15) is 0 Å². The summed E-state index contributed by atoms with van der Waals surface area (Å²) in [5.74, 6) is -0.266. The van der Waals surface area contributed by atoms with Crippen molar-refractivity contribution >= 4 is 11.7 Å². The van der Waals surface area contributed by atoms with E-state index in [0.29, 0.717) is 13.0 Å². The molecule has 0 bridgehead atoms. The van der Waals surface area contributed by atoms with E-state index in [0.717, 1.165) is 11.3 Å². The molecule has 120 valence electrons. The first kappa shape index (κ1) is 16.8. The van der Waals surface area contributed by atoms with Crippen molar-refractivity contribution in [3.63, 3.8) is 0 Å². The maximum atomic E-state index is 13.0. The fourth-order valence-corrected chi connectivity index (χ4v) is 2.83. The SMILES string of the molecule is C=CCC(C(=O)OCC)(c1ccccc1)N(C)c1ccccc1. The van der Waals surface area contributed by atoms with Gasteiger partial charge in [-0.15, -0.1) is 6.58 Å². The Bertz CT molecular complexity index is 639. The van der Waals surface area contributed by atoms with Gasteiger partial charge in [0.2, 0.25) is 0 Å². The summed E-state index contributed by atoms with van der Waals surface area (Å²) in [5.41, 5.74) is 0.913. The van der Waals surface area contributed by atoms with Crippen molar-refractivity contribution in [3.05, 3.63) is 78.9 Å². The third kappa shape index (κ3) is 3.29. The number of likely N-dealkylation sites (N-methyl/N-ethyl adjacent to an activating group) is 1. The molecule has 0 radical (unpaired) electrons. The Morgan fingerprint density at radius 3 is 2.22 bits per heavy atom. The molecule has 0 amide bonds. The van der Waals surface area contributed by atoms with Crippen LogP contribution < -0.4 is 4.90 Å². The van der Waals surface area contributed by atoms with Gasteiger partial charge in [-0.1, -0.05) is 54.6 Å². The number of anilines is 1. The van der Waals surface area contributed by atoms with Crippen molar-refractivity contribution < 1.29 is 9.53 Å². The number of carbonyl (C=O) groups excluding carboxylic acids is 1. The van der Waals surface area contributed by atoms with E-state index in [9.17, 15) is 4.79 Å². The van der Waals surface area contributed by atoms with Gasteiger partial charge in [0, 0.05) is 19.2 Å². The van der Waals surface area contributed by atoms with E-state index >= 15 is 0 Å². The summed E-state index contributed by atoms with van der Waals surface area (Å²) in [4.78, 5) is 14.9. The van der Waals surface area contributed by atoms with Crippen LogP contribution in [0.25, 0.3) is 0 Å². The highest BCUT2D eigenvalue weighted by Crippen LogP contribution is 2.36. The first-order valence-electron chi connectivity index (χ1n) is 7.79. The Labute approximate surface area is 138 Å². The molecule has 3 nitrogen and oxygen atoms in total. The summed E-state index contributed by atoms with van der Waals surface area (Å²) in [5, 5.41) is 0. The van der Waals surface area contributed by atoms with Gasteiger partial charge in [0.05, 0.1) is 6.61 Å². The number of hydrogen-bond donors (Lipinski definition) is 0. The van der Waals surface area contributed by atoms with E-state index in [4.69, 9.17) is 4.74 Å². The van der Waals surface area contributed by atoms with Gasteiger partial charge in [-0.25, -0.2) is 4.79 Å². The molecule has 0 aromatic heterocycles. The average molecular weight is 309 g/mol. The Morgan fingerprint density at radius 2 is 1.70 bits per heavy atom. The number of rotatable bonds is 7. The number of hydrogen-bond acceptors (Lipinski definition) is 3. The van der Waals surface area contributed by atoms with Crippen molar-refractivity contribution in [2.45, 2.75) is 18.9 Å². The second-order valence-electron chi connectivity index (χ2n) is 5.33. The third-order valence-corrected chi connectivity index (χ3v) is 4.02. The summed E-state index contributed by atoms with van der Waals surface area (Å²) >= 11 is 0. The number of carbonyl (C=O) groups is 1. The molecule has 0 aliphatic rings.